The number of carbonyl (C=O) groups is 1. The molecule has 1 aromatic carbocycles. The Labute approximate surface area is 164 Å². The van der Waals surface area contributed by atoms with Crippen molar-refractivity contribution in [3.63, 3.8) is 0 Å². The van der Waals surface area contributed by atoms with Crippen molar-refractivity contribution in [2.75, 3.05) is 6.54 Å². The number of halogens is 3. The van der Waals surface area contributed by atoms with Gasteiger partial charge in [0.2, 0.25) is 5.28 Å². The fourth-order valence-corrected chi connectivity index (χ4v) is 3.62. The van der Waals surface area contributed by atoms with Gasteiger partial charge in [0, 0.05) is 18.7 Å². The van der Waals surface area contributed by atoms with Crippen LogP contribution in [0.25, 0.3) is 10.8 Å². The number of fused-ring (bicyclic) bond motifs is 1. The van der Waals surface area contributed by atoms with Crippen LogP contribution in [0.5, 0.6) is 0 Å². The molecule has 11 heteroatoms. The van der Waals surface area contributed by atoms with Crippen LogP contribution in [0.15, 0.2) is 24.2 Å². The Kier molecular flexibility index (Phi) is 4.84. The van der Waals surface area contributed by atoms with Gasteiger partial charge in [0.15, 0.2) is 16.7 Å². The van der Waals surface area contributed by atoms with E-state index in [-0.39, 0.29) is 41.2 Å². The number of hydrogen-bond donors (Lipinski definition) is 0. The van der Waals surface area contributed by atoms with Crippen LogP contribution in [0.4, 0.5) is 4.39 Å². The normalized spacial score (nSPS) is 16.7. The first-order valence-corrected chi connectivity index (χ1v) is 8.60. The maximum atomic E-state index is 13.3. The lowest BCUT2D eigenvalue weighted by Crippen LogP contribution is -2.41. The number of amides is 1. The quantitative estimate of drug-likeness (QED) is 0.641. The summed E-state index contributed by atoms with van der Waals surface area (Å²) in [6, 6.07) is 3.11. The van der Waals surface area contributed by atoms with Crippen LogP contribution in [0.3, 0.4) is 0 Å². The SMILES string of the molecule is Cl.[2H]c1cc(C(=O)N2CCn3c(-c4nc(Cl)ns4)nnc3[C@H]2C)ccc1F. The summed E-state index contributed by atoms with van der Waals surface area (Å²) >= 11 is 6.92. The molecule has 1 aliphatic heterocycles. The van der Waals surface area contributed by atoms with Crippen molar-refractivity contribution in [3.05, 3.63) is 46.7 Å². The molecule has 0 radical (unpaired) electrons. The summed E-state index contributed by atoms with van der Waals surface area (Å²) in [5, 5.41) is 9.09. The van der Waals surface area contributed by atoms with Gasteiger partial charge in [-0.1, -0.05) is 0 Å². The molecule has 0 saturated heterocycles. The van der Waals surface area contributed by atoms with Gasteiger partial charge in [0.1, 0.15) is 5.82 Å². The van der Waals surface area contributed by atoms with Crippen LogP contribution in [0.1, 0.15) is 30.5 Å². The van der Waals surface area contributed by atoms with Crippen molar-refractivity contribution in [2.24, 2.45) is 0 Å². The number of hydrogen-bond acceptors (Lipinski definition) is 6. The van der Waals surface area contributed by atoms with Gasteiger partial charge in [-0.25, -0.2) is 9.37 Å². The van der Waals surface area contributed by atoms with Crippen molar-refractivity contribution >= 4 is 41.4 Å². The minimum atomic E-state index is -0.659. The third-order valence-electron chi connectivity index (χ3n) is 4.06. The largest absolute Gasteiger partial charge is 0.327 e. The zero-order chi connectivity index (χ0) is 18.4. The van der Waals surface area contributed by atoms with E-state index in [2.05, 4.69) is 19.6 Å². The second kappa shape index (κ2) is 7.26. The highest BCUT2D eigenvalue weighted by Crippen LogP contribution is 2.30. The Morgan fingerprint density at radius 1 is 1.38 bits per heavy atom. The van der Waals surface area contributed by atoms with Gasteiger partial charge in [-0.3, -0.25) is 4.79 Å². The Bertz CT molecular complexity index is 1010. The molecule has 4 rings (SSSR count). The van der Waals surface area contributed by atoms with Crippen LogP contribution in [-0.4, -0.2) is 41.5 Å². The first kappa shape index (κ1) is 17.3. The lowest BCUT2D eigenvalue weighted by Gasteiger charge is -2.33. The lowest BCUT2D eigenvalue weighted by molar-refractivity contribution is 0.0638. The number of carbonyl (C=O) groups excluding carboxylic acids is 1. The molecule has 0 unspecified atom stereocenters. The van der Waals surface area contributed by atoms with E-state index >= 15 is 0 Å². The van der Waals surface area contributed by atoms with Crippen LogP contribution >= 0.6 is 35.5 Å². The second-order valence-corrected chi connectivity index (χ2v) is 6.59. The molecular formula is C15H13Cl2FN6OS. The standard InChI is InChI=1S/C15H12ClFN6OS.ClH/c1-8-11-19-20-12(13-18-15(16)21-25-13)23(11)7-6-22(8)14(24)9-2-4-10(17)5-3-9;/h2-5,8H,6-7H2,1H3;1H/t8-;/m1./s1/i4D;. The van der Waals surface area contributed by atoms with E-state index in [0.717, 1.165) is 17.6 Å². The fourth-order valence-electron chi connectivity index (χ4n) is 2.82. The van der Waals surface area contributed by atoms with Crippen LogP contribution in [0.2, 0.25) is 5.28 Å². The maximum Gasteiger partial charge on any atom is 0.254 e. The van der Waals surface area contributed by atoms with E-state index < -0.39 is 5.82 Å². The zero-order valence-corrected chi connectivity index (χ0v) is 15.8. The number of benzene rings is 1. The van der Waals surface area contributed by atoms with Gasteiger partial charge < -0.3 is 9.47 Å². The van der Waals surface area contributed by atoms with Crippen molar-refractivity contribution in [3.8, 4) is 10.8 Å². The topological polar surface area (TPSA) is 76.8 Å². The van der Waals surface area contributed by atoms with E-state index in [9.17, 15) is 9.18 Å². The summed E-state index contributed by atoms with van der Waals surface area (Å²) in [6.45, 7) is 2.76. The van der Waals surface area contributed by atoms with E-state index in [4.69, 9.17) is 13.0 Å². The molecule has 3 heterocycles. The molecule has 136 valence electrons. The molecule has 0 bridgehead atoms. The highest BCUT2D eigenvalue weighted by Gasteiger charge is 2.32. The van der Waals surface area contributed by atoms with Gasteiger partial charge >= 0.3 is 0 Å². The van der Waals surface area contributed by atoms with Gasteiger partial charge in [-0.05, 0) is 54.3 Å². The molecule has 0 spiro atoms. The number of rotatable bonds is 2. The Morgan fingerprint density at radius 2 is 2.19 bits per heavy atom. The van der Waals surface area contributed by atoms with E-state index in [1.165, 1.54) is 12.1 Å². The van der Waals surface area contributed by atoms with Crippen molar-refractivity contribution in [1.29, 1.82) is 0 Å². The third kappa shape index (κ3) is 3.17. The van der Waals surface area contributed by atoms with Crippen LogP contribution < -0.4 is 0 Å². The first-order chi connectivity index (χ1) is 12.5. The van der Waals surface area contributed by atoms with E-state index in [1.807, 2.05) is 11.5 Å². The van der Waals surface area contributed by atoms with Crippen molar-refractivity contribution in [2.45, 2.75) is 19.5 Å². The molecule has 3 aromatic rings. The monoisotopic (exact) mass is 415 g/mol. The summed E-state index contributed by atoms with van der Waals surface area (Å²) in [6.07, 6.45) is 0. The molecule has 0 aliphatic carbocycles. The average molecular weight is 416 g/mol. The second-order valence-electron chi connectivity index (χ2n) is 5.50. The van der Waals surface area contributed by atoms with Gasteiger partial charge in [-0.2, -0.15) is 4.37 Å². The summed E-state index contributed by atoms with van der Waals surface area (Å²) in [7, 11) is 0. The molecule has 0 saturated carbocycles. The summed E-state index contributed by atoms with van der Waals surface area (Å²) in [5.41, 5.74) is 0.271. The average Bonchev–Trinajstić information content (AvgIpc) is 3.23. The minimum absolute atomic E-state index is 0. The third-order valence-corrected chi connectivity index (χ3v) is 5.04. The highest BCUT2D eigenvalue weighted by molar-refractivity contribution is 7.09. The first-order valence-electron chi connectivity index (χ1n) is 7.95. The maximum absolute atomic E-state index is 13.3. The molecular weight excluding hydrogens is 402 g/mol. The van der Waals surface area contributed by atoms with Crippen LogP contribution in [0, 0.1) is 5.82 Å². The molecule has 7 nitrogen and oxygen atoms in total. The fraction of sp³-hybridized carbons (Fsp3) is 0.267. The minimum Gasteiger partial charge on any atom is -0.327 e. The highest BCUT2D eigenvalue weighted by atomic mass is 35.5. The molecule has 1 aliphatic rings. The van der Waals surface area contributed by atoms with Crippen molar-refractivity contribution < 1.29 is 10.6 Å². The molecule has 1 amide bonds. The number of nitrogens with zero attached hydrogens (tertiary/aromatic N) is 6. The van der Waals surface area contributed by atoms with E-state index in [1.54, 1.807) is 4.90 Å². The van der Waals surface area contributed by atoms with Crippen molar-refractivity contribution in [1.82, 2.24) is 29.0 Å². The number of aromatic nitrogens is 5. The van der Waals surface area contributed by atoms with Gasteiger partial charge in [-0.15, -0.1) is 22.6 Å². The van der Waals surface area contributed by atoms with E-state index in [0.29, 0.717) is 29.7 Å². The summed E-state index contributed by atoms with van der Waals surface area (Å²) in [4.78, 5) is 18.5. The zero-order valence-electron chi connectivity index (χ0n) is 14.4. The Morgan fingerprint density at radius 3 is 2.88 bits per heavy atom. The smallest absolute Gasteiger partial charge is 0.254 e. The summed E-state index contributed by atoms with van der Waals surface area (Å²) in [5.74, 6) is 0.256. The predicted molar refractivity (Wildman–Crippen MR) is 97.0 cm³/mol. The molecule has 0 fully saturated rings. The molecule has 2 aromatic heterocycles. The van der Waals surface area contributed by atoms with Gasteiger partial charge in [0.25, 0.3) is 5.91 Å². The lowest BCUT2D eigenvalue weighted by atomic mass is 10.1. The Balaban J connectivity index is 0.00000210. The molecule has 0 N–H and O–H groups in total. The predicted octanol–water partition coefficient (Wildman–Crippen LogP) is 3.23. The summed E-state index contributed by atoms with van der Waals surface area (Å²) < 4.78 is 26.7. The van der Waals surface area contributed by atoms with Gasteiger partial charge in [0.05, 0.1) is 7.41 Å². The van der Waals surface area contributed by atoms with Crippen LogP contribution in [-0.2, 0) is 6.54 Å². The Hall–Kier alpha value is -2.10. The molecule has 26 heavy (non-hydrogen) atoms. The molecule has 1 atom stereocenters.